The molecule has 1 aromatic heterocycles. The standard InChI is InChI=1S/C11H17N3O2/c1-3-4-8(12)11-13-10(14-16-11)9(15-2)7-5-6-7/h3,7-9H,1,4-6,12H2,2H3. The summed E-state index contributed by atoms with van der Waals surface area (Å²) in [6.07, 6.45) is 4.65. The monoisotopic (exact) mass is 223 g/mol. The molecule has 0 aliphatic heterocycles. The maximum atomic E-state index is 5.84. The second kappa shape index (κ2) is 4.76. The fraction of sp³-hybridized carbons (Fsp3) is 0.636. The van der Waals surface area contributed by atoms with Crippen molar-refractivity contribution in [1.82, 2.24) is 10.1 Å². The molecule has 0 radical (unpaired) electrons. The number of ether oxygens (including phenoxy) is 1. The molecule has 2 atom stereocenters. The first-order chi connectivity index (χ1) is 7.76. The molecule has 1 heterocycles. The maximum absolute atomic E-state index is 5.84. The van der Waals surface area contributed by atoms with Gasteiger partial charge in [0.25, 0.3) is 0 Å². The number of hydrogen-bond donors (Lipinski definition) is 1. The smallest absolute Gasteiger partial charge is 0.243 e. The molecule has 5 heteroatoms. The molecule has 2 N–H and O–H groups in total. The van der Waals surface area contributed by atoms with E-state index in [1.165, 1.54) is 12.8 Å². The van der Waals surface area contributed by atoms with Crippen molar-refractivity contribution in [1.29, 1.82) is 0 Å². The number of rotatable bonds is 6. The number of methoxy groups -OCH3 is 1. The van der Waals surface area contributed by atoms with Gasteiger partial charge in [0.05, 0.1) is 6.04 Å². The summed E-state index contributed by atoms with van der Waals surface area (Å²) in [5.41, 5.74) is 5.84. The Bertz CT molecular complexity index is 360. The van der Waals surface area contributed by atoms with Gasteiger partial charge in [0.15, 0.2) is 0 Å². The Balaban J connectivity index is 2.08. The van der Waals surface area contributed by atoms with Gasteiger partial charge >= 0.3 is 0 Å². The van der Waals surface area contributed by atoms with Crippen molar-refractivity contribution in [2.75, 3.05) is 7.11 Å². The van der Waals surface area contributed by atoms with Crippen molar-refractivity contribution < 1.29 is 9.26 Å². The first-order valence-corrected chi connectivity index (χ1v) is 5.49. The molecule has 0 spiro atoms. The van der Waals surface area contributed by atoms with Gasteiger partial charge in [0.1, 0.15) is 6.10 Å². The van der Waals surface area contributed by atoms with Crippen LogP contribution in [0.5, 0.6) is 0 Å². The SMILES string of the molecule is C=CCC(N)c1nc(C(OC)C2CC2)no1. The summed E-state index contributed by atoms with van der Waals surface area (Å²) in [7, 11) is 1.67. The molecule has 2 rings (SSSR count). The zero-order chi connectivity index (χ0) is 11.5. The highest BCUT2D eigenvalue weighted by molar-refractivity contribution is 5.01. The fourth-order valence-corrected chi connectivity index (χ4v) is 1.70. The molecule has 1 aliphatic carbocycles. The normalized spacial score (nSPS) is 19.4. The lowest BCUT2D eigenvalue weighted by Gasteiger charge is -2.08. The van der Waals surface area contributed by atoms with E-state index in [1.54, 1.807) is 13.2 Å². The molecule has 16 heavy (non-hydrogen) atoms. The Morgan fingerprint density at radius 1 is 1.69 bits per heavy atom. The van der Waals surface area contributed by atoms with E-state index in [9.17, 15) is 0 Å². The van der Waals surface area contributed by atoms with Crippen molar-refractivity contribution in [3.8, 4) is 0 Å². The number of aromatic nitrogens is 2. The lowest BCUT2D eigenvalue weighted by molar-refractivity contribution is 0.0751. The third-order valence-electron chi connectivity index (χ3n) is 2.75. The number of nitrogens with two attached hydrogens (primary N) is 1. The van der Waals surface area contributed by atoms with Gasteiger partial charge in [-0.05, 0) is 25.2 Å². The Morgan fingerprint density at radius 2 is 2.44 bits per heavy atom. The predicted molar refractivity (Wildman–Crippen MR) is 58.5 cm³/mol. The van der Waals surface area contributed by atoms with Gasteiger partial charge in [0, 0.05) is 7.11 Å². The average molecular weight is 223 g/mol. The molecular formula is C11H17N3O2. The van der Waals surface area contributed by atoms with Gasteiger partial charge in [-0.1, -0.05) is 11.2 Å². The Kier molecular flexibility index (Phi) is 3.36. The van der Waals surface area contributed by atoms with Crippen LogP contribution in [0.15, 0.2) is 17.2 Å². The number of nitrogens with zero attached hydrogens (tertiary/aromatic N) is 2. The van der Waals surface area contributed by atoms with Crippen LogP contribution >= 0.6 is 0 Å². The van der Waals surface area contributed by atoms with Crippen molar-refractivity contribution in [3.05, 3.63) is 24.4 Å². The molecule has 0 bridgehead atoms. The zero-order valence-corrected chi connectivity index (χ0v) is 9.43. The van der Waals surface area contributed by atoms with Gasteiger partial charge in [-0.15, -0.1) is 6.58 Å². The summed E-state index contributed by atoms with van der Waals surface area (Å²) in [5, 5.41) is 3.93. The van der Waals surface area contributed by atoms with Gasteiger partial charge < -0.3 is 15.0 Å². The minimum Gasteiger partial charge on any atom is -0.373 e. The molecule has 1 aliphatic rings. The zero-order valence-electron chi connectivity index (χ0n) is 9.43. The third-order valence-corrected chi connectivity index (χ3v) is 2.75. The van der Waals surface area contributed by atoms with E-state index in [0.717, 1.165) is 0 Å². The van der Waals surface area contributed by atoms with E-state index >= 15 is 0 Å². The van der Waals surface area contributed by atoms with Gasteiger partial charge in [-0.2, -0.15) is 4.98 Å². The van der Waals surface area contributed by atoms with E-state index < -0.39 is 0 Å². The van der Waals surface area contributed by atoms with E-state index in [-0.39, 0.29) is 12.1 Å². The maximum Gasteiger partial charge on any atom is 0.243 e. The van der Waals surface area contributed by atoms with Gasteiger partial charge in [-0.3, -0.25) is 0 Å². The topological polar surface area (TPSA) is 74.2 Å². The van der Waals surface area contributed by atoms with Crippen LogP contribution in [0, 0.1) is 5.92 Å². The first kappa shape index (κ1) is 11.3. The highest BCUT2D eigenvalue weighted by Gasteiger charge is 2.35. The van der Waals surface area contributed by atoms with Crippen LogP contribution in [0.1, 0.15) is 43.1 Å². The molecule has 1 fully saturated rings. The van der Waals surface area contributed by atoms with Crippen LogP contribution in [0.25, 0.3) is 0 Å². The van der Waals surface area contributed by atoms with Crippen LogP contribution in [-0.4, -0.2) is 17.3 Å². The lowest BCUT2D eigenvalue weighted by atomic mass is 10.2. The second-order valence-corrected chi connectivity index (χ2v) is 4.12. The van der Waals surface area contributed by atoms with Gasteiger partial charge in [-0.25, -0.2) is 0 Å². The van der Waals surface area contributed by atoms with E-state index in [2.05, 4.69) is 16.7 Å². The fourth-order valence-electron chi connectivity index (χ4n) is 1.70. The van der Waals surface area contributed by atoms with Crippen LogP contribution in [-0.2, 0) is 4.74 Å². The summed E-state index contributed by atoms with van der Waals surface area (Å²) >= 11 is 0. The van der Waals surface area contributed by atoms with E-state index in [1.807, 2.05) is 0 Å². The van der Waals surface area contributed by atoms with Crippen molar-refractivity contribution >= 4 is 0 Å². The Morgan fingerprint density at radius 3 is 3.00 bits per heavy atom. The molecular weight excluding hydrogens is 206 g/mol. The van der Waals surface area contributed by atoms with Crippen LogP contribution in [0.3, 0.4) is 0 Å². The molecule has 0 aromatic carbocycles. The summed E-state index contributed by atoms with van der Waals surface area (Å²) in [6, 6.07) is -0.268. The second-order valence-electron chi connectivity index (χ2n) is 4.12. The minimum absolute atomic E-state index is 0.0477. The summed E-state index contributed by atoms with van der Waals surface area (Å²) in [4.78, 5) is 4.29. The Labute approximate surface area is 94.7 Å². The molecule has 5 nitrogen and oxygen atoms in total. The highest BCUT2D eigenvalue weighted by Crippen LogP contribution is 2.42. The molecule has 1 saturated carbocycles. The highest BCUT2D eigenvalue weighted by atomic mass is 16.5. The van der Waals surface area contributed by atoms with E-state index in [0.29, 0.717) is 24.1 Å². The van der Waals surface area contributed by atoms with Crippen molar-refractivity contribution in [3.63, 3.8) is 0 Å². The molecule has 88 valence electrons. The Hall–Kier alpha value is -1.20. The molecule has 0 amide bonds. The van der Waals surface area contributed by atoms with Crippen molar-refractivity contribution in [2.24, 2.45) is 11.7 Å². The predicted octanol–water partition coefficient (Wildman–Crippen LogP) is 1.74. The minimum atomic E-state index is -0.268. The molecule has 1 aromatic rings. The summed E-state index contributed by atoms with van der Waals surface area (Å²) in [6.45, 7) is 3.63. The molecule has 0 saturated heterocycles. The summed E-state index contributed by atoms with van der Waals surface area (Å²) < 4.78 is 10.5. The first-order valence-electron chi connectivity index (χ1n) is 5.49. The quantitative estimate of drug-likeness (QED) is 0.743. The van der Waals surface area contributed by atoms with Crippen LogP contribution in [0.4, 0.5) is 0 Å². The van der Waals surface area contributed by atoms with Gasteiger partial charge in [0.2, 0.25) is 11.7 Å². The van der Waals surface area contributed by atoms with Crippen molar-refractivity contribution in [2.45, 2.75) is 31.4 Å². The number of hydrogen-bond acceptors (Lipinski definition) is 5. The summed E-state index contributed by atoms with van der Waals surface area (Å²) in [5.74, 6) is 1.60. The van der Waals surface area contributed by atoms with Crippen LogP contribution < -0.4 is 5.73 Å². The largest absolute Gasteiger partial charge is 0.373 e. The molecule has 2 unspecified atom stereocenters. The van der Waals surface area contributed by atoms with E-state index in [4.69, 9.17) is 15.0 Å². The average Bonchev–Trinajstić information content (AvgIpc) is 2.97. The third kappa shape index (κ3) is 2.31. The lowest BCUT2D eigenvalue weighted by Crippen LogP contribution is -2.10. The van der Waals surface area contributed by atoms with Crippen LogP contribution in [0.2, 0.25) is 0 Å².